The van der Waals surface area contributed by atoms with Gasteiger partial charge in [-0.3, -0.25) is 57.7 Å². The number of nitrogens with two attached hydrogens (primary N) is 7. The van der Waals surface area contributed by atoms with Gasteiger partial charge >= 0.3 is 5.97 Å². The summed E-state index contributed by atoms with van der Waals surface area (Å²) in [7, 11) is 0. The molecule has 33 nitrogen and oxygen atoms in total. The van der Waals surface area contributed by atoms with Gasteiger partial charge in [-0.15, -0.1) is 0 Å². The van der Waals surface area contributed by atoms with Gasteiger partial charge < -0.3 is 108 Å². The van der Waals surface area contributed by atoms with Gasteiger partial charge in [-0.2, -0.15) is 12.6 Å². The van der Waals surface area contributed by atoms with Crippen molar-refractivity contribution in [1.29, 1.82) is 0 Å². The number of para-hydroxylation sites is 1. The molecule has 2 aromatic rings. The van der Waals surface area contributed by atoms with E-state index in [1.165, 1.54) is 0 Å². The lowest BCUT2D eigenvalue weighted by Crippen LogP contribution is -2.61. The summed E-state index contributed by atoms with van der Waals surface area (Å²) >= 11 is 4.22. The number of benzene rings is 1. The van der Waals surface area contributed by atoms with Gasteiger partial charge in [-0.1, -0.05) is 24.6 Å². The number of amides is 11. The third-order valence-corrected chi connectivity index (χ3v) is 13.1. The average Bonchev–Trinajstić information content (AvgIpc) is 3.55. The number of fused-ring (bicyclic) bond motifs is 1. The van der Waals surface area contributed by atoms with Gasteiger partial charge in [0.25, 0.3) is 0 Å². The normalized spacial score (nSPS) is 14.6. The van der Waals surface area contributed by atoms with Crippen LogP contribution in [-0.2, 0) is 64.0 Å². The van der Waals surface area contributed by atoms with E-state index in [1.807, 2.05) is 0 Å². The number of carboxylic acids is 1. The molecule has 0 unspecified atom stereocenters. The molecule has 0 bridgehead atoms. The van der Waals surface area contributed by atoms with Crippen molar-refractivity contribution < 1.29 is 72.9 Å². The van der Waals surface area contributed by atoms with Crippen LogP contribution in [-0.4, -0.2) is 196 Å². The number of thiol groups is 1. The van der Waals surface area contributed by atoms with E-state index in [9.17, 15) is 72.9 Å². The monoisotopic (exact) mass is 1210 g/mol. The van der Waals surface area contributed by atoms with Gasteiger partial charge in [0.2, 0.25) is 65.0 Å². The maximum absolute atomic E-state index is 14.2. The van der Waals surface area contributed by atoms with Crippen LogP contribution in [0.4, 0.5) is 0 Å². The Balaban J connectivity index is 2.27. The highest BCUT2D eigenvalue weighted by Crippen LogP contribution is 2.20. The second kappa shape index (κ2) is 37.8. The Morgan fingerprint density at radius 3 is 1.57 bits per heavy atom. The van der Waals surface area contributed by atoms with Crippen molar-refractivity contribution in [2.75, 3.05) is 38.6 Å². The molecule has 0 radical (unpaired) electrons. The van der Waals surface area contributed by atoms with E-state index in [-0.39, 0.29) is 51.2 Å². The van der Waals surface area contributed by atoms with Crippen LogP contribution in [0.3, 0.4) is 0 Å². The molecule has 1 aromatic heterocycles. The fraction of sp³-hybridized carbons (Fsp3) is 0.580. The molecule has 34 heteroatoms. The van der Waals surface area contributed by atoms with Crippen LogP contribution >= 0.6 is 12.6 Å². The summed E-state index contributed by atoms with van der Waals surface area (Å²) in [5.41, 5.74) is 39.7. The smallest absolute Gasteiger partial charge is 0.326 e. The van der Waals surface area contributed by atoms with Gasteiger partial charge in [-0.25, -0.2) is 4.79 Å². The number of aliphatic imine (C=N–C) groups is 1. The number of rotatable bonds is 41. The number of aliphatic hydroxyl groups is 2. The Kier molecular flexibility index (Phi) is 32.4. The van der Waals surface area contributed by atoms with Crippen molar-refractivity contribution in [1.82, 2.24) is 52.8 Å². The molecule has 0 spiro atoms. The standard InChI is InChI=1S/C50H82N18O15S/c1-25(40(73)66-36(23-70)47(80)61-30(12-5-7-17-52)42(75)63-32(49(82)83)13-8-18-58-50(56)57)60-46(79)35(22-69)67-43(76)31(14-15-38(54)71)62-48(81)37(24-84)68-44(77)33(19-26-21-59-29-11-3-2-9-27(26)29)65-45(78)34(20-39(55)72)64-41(74)28(53)10-4-6-16-51/h2-3,9,11,21,25,28,30-37,59,69-70,84H,4-8,10,12-20,22-24,51-53H2,1H3,(H2,54,71)(H2,55,72)(H,60,79)(H,61,80)(H,62,81)(H,63,75)(H,64,74)(H,65,78)(H,66,73)(H,67,76)(H,68,77)(H,82,83)(H4,56,57,58)/t25-,28-,30-,31-,32-,33-,34-,35-,36-,37-/m0/s1. The van der Waals surface area contributed by atoms with Crippen molar-refractivity contribution in [3.8, 4) is 0 Å². The third kappa shape index (κ3) is 25.5. The first kappa shape index (κ1) is 71.9. The largest absolute Gasteiger partial charge is 0.480 e. The molecule has 11 amide bonds. The number of hydrogen-bond acceptors (Lipinski definition) is 19. The molecule has 1 heterocycles. The summed E-state index contributed by atoms with van der Waals surface area (Å²) in [5.74, 6) is -13.3. The molecular formula is C50H82N18O15S. The SMILES string of the molecule is C[C@H](NC(=O)[C@H](CO)NC(=O)[C@H](CCC(N)=O)NC(=O)[C@H](CS)NC(=O)[C@H](Cc1c[nH]c2ccccc12)NC(=O)[C@H](CC(N)=O)NC(=O)[C@@H](N)CCCCN)C(=O)N[C@@H](CO)C(=O)N[C@@H](CCCCN)C(=O)N[C@@H](CCCN=C(N)N)C(=O)O. The van der Waals surface area contributed by atoms with Crippen molar-refractivity contribution in [3.05, 3.63) is 36.0 Å². The number of aliphatic hydroxyl groups excluding tert-OH is 2. The van der Waals surface area contributed by atoms with E-state index in [1.54, 1.807) is 30.5 Å². The molecule has 468 valence electrons. The number of unbranched alkanes of at least 4 members (excludes halogenated alkanes) is 2. The topological polar surface area (TPSA) is 584 Å². The van der Waals surface area contributed by atoms with Crippen molar-refractivity contribution >= 4 is 100 Å². The fourth-order valence-corrected chi connectivity index (χ4v) is 8.29. The molecule has 0 aliphatic heterocycles. The van der Waals surface area contributed by atoms with Crippen LogP contribution in [0.1, 0.15) is 83.1 Å². The minimum Gasteiger partial charge on any atom is -0.480 e. The van der Waals surface area contributed by atoms with E-state index >= 15 is 0 Å². The van der Waals surface area contributed by atoms with Gasteiger partial charge in [0.1, 0.15) is 54.4 Å². The van der Waals surface area contributed by atoms with Crippen molar-refractivity contribution in [2.24, 2.45) is 45.1 Å². The molecule has 0 saturated heterocycles. The Hall–Kier alpha value is -8.18. The zero-order valence-electron chi connectivity index (χ0n) is 46.6. The zero-order valence-corrected chi connectivity index (χ0v) is 47.5. The van der Waals surface area contributed by atoms with Crippen LogP contribution in [0, 0.1) is 0 Å². The van der Waals surface area contributed by atoms with E-state index < -0.39 is 170 Å². The van der Waals surface area contributed by atoms with E-state index in [0.29, 0.717) is 48.7 Å². The molecule has 27 N–H and O–H groups in total. The number of carbonyl (C=O) groups excluding carboxylic acids is 11. The minimum absolute atomic E-state index is 0.0319. The molecule has 84 heavy (non-hydrogen) atoms. The Morgan fingerprint density at radius 1 is 0.548 bits per heavy atom. The highest BCUT2D eigenvalue weighted by atomic mass is 32.1. The number of nitrogens with one attached hydrogen (secondary N) is 10. The number of aliphatic carboxylic acids is 1. The van der Waals surface area contributed by atoms with Gasteiger partial charge in [-0.05, 0) is 83.0 Å². The first-order valence-electron chi connectivity index (χ1n) is 26.9. The number of carbonyl (C=O) groups is 12. The lowest BCUT2D eigenvalue weighted by molar-refractivity contribution is -0.142. The number of aromatic nitrogens is 1. The Labute approximate surface area is 488 Å². The van der Waals surface area contributed by atoms with E-state index in [0.717, 1.165) is 6.92 Å². The summed E-state index contributed by atoms with van der Waals surface area (Å²) in [5, 5.41) is 51.8. The van der Waals surface area contributed by atoms with Crippen LogP contribution < -0.4 is 88.0 Å². The van der Waals surface area contributed by atoms with Crippen LogP contribution in [0.5, 0.6) is 0 Å². The number of nitrogens with zero attached hydrogens (tertiary/aromatic N) is 1. The molecule has 2 rings (SSSR count). The predicted molar refractivity (Wildman–Crippen MR) is 307 cm³/mol. The number of aromatic amines is 1. The van der Waals surface area contributed by atoms with Crippen LogP contribution in [0.2, 0.25) is 0 Å². The highest BCUT2D eigenvalue weighted by Gasteiger charge is 2.35. The minimum atomic E-state index is -1.85. The maximum Gasteiger partial charge on any atom is 0.326 e. The molecule has 0 fully saturated rings. The van der Waals surface area contributed by atoms with Crippen LogP contribution in [0.15, 0.2) is 35.5 Å². The summed E-state index contributed by atoms with van der Waals surface area (Å²) < 4.78 is 0. The lowest BCUT2D eigenvalue weighted by Gasteiger charge is -2.27. The Bertz CT molecular complexity index is 2600. The maximum atomic E-state index is 14.2. The molecule has 0 saturated carbocycles. The van der Waals surface area contributed by atoms with E-state index in [4.69, 9.17) is 40.1 Å². The number of primary amides is 2. The molecular weight excluding hydrogens is 1120 g/mol. The number of guanidine groups is 1. The first-order chi connectivity index (χ1) is 39.8. The molecule has 1 aromatic carbocycles. The van der Waals surface area contributed by atoms with Gasteiger partial charge in [0.05, 0.1) is 25.7 Å². The molecule has 0 aliphatic carbocycles. The second-order valence-corrected chi connectivity index (χ2v) is 19.8. The van der Waals surface area contributed by atoms with Crippen molar-refractivity contribution in [3.63, 3.8) is 0 Å². The summed E-state index contributed by atoms with van der Waals surface area (Å²) in [4.78, 5) is 165. The Morgan fingerprint density at radius 2 is 1.01 bits per heavy atom. The van der Waals surface area contributed by atoms with Crippen LogP contribution in [0.25, 0.3) is 10.9 Å². The third-order valence-electron chi connectivity index (χ3n) is 12.7. The lowest BCUT2D eigenvalue weighted by atomic mass is 10.0. The van der Waals surface area contributed by atoms with Gasteiger partial charge in [0.15, 0.2) is 5.96 Å². The van der Waals surface area contributed by atoms with Gasteiger partial charge in [0, 0.05) is 42.2 Å². The molecule has 0 aliphatic rings. The highest BCUT2D eigenvalue weighted by molar-refractivity contribution is 7.80. The quantitative estimate of drug-likeness (QED) is 0.0127. The molecule has 10 atom stereocenters. The number of hydrogen-bond donors (Lipinski definition) is 21. The summed E-state index contributed by atoms with van der Waals surface area (Å²) in [6.45, 7) is -0.367. The number of carboxylic acid groups (broad SMARTS) is 1. The number of H-pyrrole nitrogens is 1. The summed E-state index contributed by atoms with van der Waals surface area (Å²) in [6, 6.07) is -8.48. The zero-order chi connectivity index (χ0) is 63.1. The summed E-state index contributed by atoms with van der Waals surface area (Å²) in [6.07, 6.45) is 1.64. The first-order valence-corrected chi connectivity index (χ1v) is 27.6. The van der Waals surface area contributed by atoms with Crippen molar-refractivity contribution in [2.45, 2.75) is 144 Å². The predicted octanol–water partition coefficient (Wildman–Crippen LogP) is -8.13. The average molecular weight is 1210 g/mol. The second-order valence-electron chi connectivity index (χ2n) is 19.5. The fourth-order valence-electron chi connectivity index (χ4n) is 8.03. The van der Waals surface area contributed by atoms with E-state index in [2.05, 4.69) is 70.5 Å².